The largest absolute Gasteiger partial charge is 1.00 e. The molecule has 1 heterocycles. The molecule has 262 valence electrons. The number of halogens is 4. The van der Waals surface area contributed by atoms with Gasteiger partial charge in [0.2, 0.25) is 0 Å². The summed E-state index contributed by atoms with van der Waals surface area (Å²) in [5.74, 6) is 0. The van der Waals surface area contributed by atoms with Crippen LogP contribution in [0.1, 0.15) is 130 Å². The second-order valence-electron chi connectivity index (χ2n) is 14.3. The second-order valence-corrected chi connectivity index (χ2v) is 19.7. The molecule has 0 atom stereocenters. The number of hydrogen-bond donors (Lipinski definition) is 0. The first-order valence-corrected chi connectivity index (χ1v) is 21.7. The molecule has 2 nitrogen and oxygen atoms in total. The van der Waals surface area contributed by atoms with Gasteiger partial charge in [0.15, 0.2) is 0 Å². The fraction of sp³-hybridized carbons (Fsp3) is 0.615. The Balaban J connectivity index is 0.000000255. The van der Waals surface area contributed by atoms with Gasteiger partial charge in [-0.2, -0.15) is 0 Å². The molecule has 3 aliphatic carbocycles. The Labute approximate surface area is 326 Å². The minimum Gasteiger partial charge on any atom is -1.00 e. The molecule has 0 bridgehead atoms. The molecule has 3 aromatic rings. The van der Waals surface area contributed by atoms with E-state index in [-0.39, 0.29) is 24.8 Å². The van der Waals surface area contributed by atoms with Crippen LogP contribution in [0, 0.1) is 45.6 Å². The van der Waals surface area contributed by atoms with E-state index in [9.17, 15) is 0 Å². The van der Waals surface area contributed by atoms with E-state index >= 15 is 0 Å². The third-order valence-electron chi connectivity index (χ3n) is 10.6. The molecule has 0 radical (unpaired) electrons. The standard InChI is InChI=1S/C21H22Br2N2.C18H33P.2ClH.Ru/c1-12-7-14(3)18(15(4)8-12)24-11-25(21(23)20(24)22)19-16(5)9-13(2)10-17(19)6;1-4-10-16(11-5-1)19(17-12-6-2-7-13-17)18-14-8-3-9-15-18;;;/h7-10H,1-6H3;16-18H,1-15H2;2*1H;/q;;;;+2/p-2. The van der Waals surface area contributed by atoms with Gasteiger partial charge >= 0.3 is 183 Å². The van der Waals surface area contributed by atoms with Crippen LogP contribution in [0.4, 0.5) is 0 Å². The maximum absolute atomic E-state index is 3.82. The number of aryl methyl sites for hydroxylation is 6. The molecule has 0 spiro atoms. The normalized spacial score (nSPS) is 17.9. The zero-order valence-corrected chi connectivity index (χ0v) is 36.7. The minimum atomic E-state index is 0. The van der Waals surface area contributed by atoms with Gasteiger partial charge in [-0.1, -0.05) is 65.7 Å². The number of nitrogens with zero attached hydrogens (tertiary/aromatic N) is 2. The third kappa shape index (κ3) is 9.77. The second kappa shape index (κ2) is 19.2. The molecule has 0 unspecified atom stereocenters. The van der Waals surface area contributed by atoms with Crippen molar-refractivity contribution in [3.63, 3.8) is 0 Å². The maximum atomic E-state index is 3.82. The molecule has 0 amide bonds. The van der Waals surface area contributed by atoms with Crippen LogP contribution in [-0.2, 0) is 17.9 Å². The van der Waals surface area contributed by atoms with E-state index in [2.05, 4.69) is 125 Å². The van der Waals surface area contributed by atoms with Crippen molar-refractivity contribution in [1.82, 2.24) is 9.13 Å². The van der Waals surface area contributed by atoms with Gasteiger partial charge in [-0.25, -0.2) is 0 Å². The molecule has 47 heavy (non-hydrogen) atoms. The summed E-state index contributed by atoms with van der Waals surface area (Å²) in [5.41, 5.74) is 13.6. The Hall–Kier alpha value is 0.243. The van der Waals surface area contributed by atoms with Gasteiger partial charge < -0.3 is 24.8 Å². The first-order chi connectivity index (χ1) is 21.6. The molecule has 2 aromatic carbocycles. The maximum Gasteiger partial charge on any atom is -1.00 e. The summed E-state index contributed by atoms with van der Waals surface area (Å²) >= 11 is 10.4. The van der Waals surface area contributed by atoms with E-state index in [0.29, 0.717) is 7.92 Å². The van der Waals surface area contributed by atoms with E-state index in [1.54, 1.807) is 77.0 Å². The smallest absolute Gasteiger partial charge is 1.00 e. The Morgan fingerprint density at radius 3 is 1.02 bits per heavy atom. The molecule has 8 heteroatoms. The topological polar surface area (TPSA) is 9.86 Å². The minimum absolute atomic E-state index is 0. The summed E-state index contributed by atoms with van der Waals surface area (Å²) in [7, 11) is 0.385. The number of aromatic nitrogens is 2. The first kappa shape index (κ1) is 41.7. The van der Waals surface area contributed by atoms with E-state index in [4.69, 9.17) is 0 Å². The van der Waals surface area contributed by atoms with Gasteiger partial charge in [0.05, 0.1) is 0 Å². The quantitative estimate of drug-likeness (QED) is 0.190. The summed E-state index contributed by atoms with van der Waals surface area (Å²) in [6.45, 7) is 13.0. The zero-order valence-electron chi connectivity index (χ0n) is 29.4. The van der Waals surface area contributed by atoms with Crippen LogP contribution in [0.2, 0.25) is 0 Å². The molecule has 6 rings (SSSR count). The Kier molecular flexibility index (Phi) is 17.0. The van der Waals surface area contributed by atoms with Crippen molar-refractivity contribution < 1.29 is 42.7 Å². The van der Waals surface area contributed by atoms with E-state index < -0.39 is 0 Å². The molecule has 1 aromatic heterocycles. The summed E-state index contributed by atoms with van der Waals surface area (Å²) in [4.78, 5) is 0. The van der Waals surface area contributed by atoms with E-state index in [0.717, 1.165) is 13.2 Å². The van der Waals surface area contributed by atoms with Crippen LogP contribution >= 0.6 is 39.8 Å². The summed E-state index contributed by atoms with van der Waals surface area (Å²) in [6.07, 6.45) is 23.6. The predicted octanol–water partition coefficient (Wildman–Crippen LogP) is 7.20. The van der Waals surface area contributed by atoms with Crippen molar-refractivity contribution in [2.75, 3.05) is 0 Å². The third-order valence-corrected chi connectivity index (χ3v) is 17.5. The fourth-order valence-electron chi connectivity index (χ4n) is 8.90. The molecule has 0 N–H and O–H groups in total. The van der Waals surface area contributed by atoms with Crippen LogP contribution in [0.5, 0.6) is 0 Å². The Morgan fingerprint density at radius 1 is 0.511 bits per heavy atom. The van der Waals surface area contributed by atoms with Gasteiger partial charge in [-0.3, -0.25) is 0 Å². The van der Waals surface area contributed by atoms with Crippen molar-refractivity contribution in [2.24, 2.45) is 0 Å². The van der Waals surface area contributed by atoms with Gasteiger partial charge in [0.25, 0.3) is 0 Å². The van der Waals surface area contributed by atoms with Crippen LogP contribution in [0.25, 0.3) is 11.4 Å². The summed E-state index contributed by atoms with van der Waals surface area (Å²) in [6, 6.07) is 8.95. The van der Waals surface area contributed by atoms with Crippen molar-refractivity contribution in [2.45, 2.75) is 155 Å². The van der Waals surface area contributed by atoms with Crippen LogP contribution < -0.4 is 24.8 Å². The van der Waals surface area contributed by atoms with Crippen LogP contribution in [0.3, 0.4) is 0 Å². The molecule has 3 fully saturated rings. The summed E-state index contributed by atoms with van der Waals surface area (Å²) < 4.78 is 7.65. The molecule has 0 saturated heterocycles. The summed E-state index contributed by atoms with van der Waals surface area (Å²) in [5, 5.41) is 0. The number of rotatable bonds is 5. The molecule has 0 aliphatic heterocycles. The van der Waals surface area contributed by atoms with Crippen molar-refractivity contribution in [1.29, 1.82) is 0 Å². The molecule has 3 aliphatic rings. The number of benzene rings is 2. The monoisotopic (exact) mass is 912 g/mol. The van der Waals surface area contributed by atoms with Crippen molar-refractivity contribution in [3.05, 3.63) is 70.9 Å². The Bertz CT molecular complexity index is 1360. The van der Waals surface area contributed by atoms with E-state index in [1.165, 1.54) is 81.0 Å². The Morgan fingerprint density at radius 2 is 0.766 bits per heavy atom. The SMILES string of the molecule is C1CCC(P(C2CCCCC2)C2CCCCC2)CC1.Cc1cc(C)c(-n2c(Br)c(Br)n(-c3c(C)cc(C)cc3C)[c]2=[Ru+2])c(C)c1.[Cl-].[Cl-]. The predicted molar refractivity (Wildman–Crippen MR) is 200 cm³/mol. The van der Waals surface area contributed by atoms with Gasteiger partial charge in [-0.15, -0.1) is 0 Å². The first-order valence-electron chi connectivity index (χ1n) is 17.7. The van der Waals surface area contributed by atoms with Crippen LogP contribution in [0.15, 0.2) is 33.5 Å². The fourth-order valence-corrected chi connectivity index (χ4v) is 15.9. The zero-order chi connectivity index (χ0) is 32.2. The van der Waals surface area contributed by atoms with Crippen molar-refractivity contribution >= 4 is 39.8 Å². The number of hydrogen-bond acceptors (Lipinski definition) is 0. The molecular weight excluding hydrogens is 859 g/mol. The van der Waals surface area contributed by atoms with Gasteiger partial charge in [0, 0.05) is 0 Å². The number of imidazole rings is 1. The molecular formula is C39H55Br2Cl2N2PRu. The average molecular weight is 915 g/mol. The van der Waals surface area contributed by atoms with E-state index in [1.807, 2.05) is 0 Å². The molecule has 3 saturated carbocycles. The van der Waals surface area contributed by atoms with Gasteiger partial charge in [-0.05, 0) is 55.5 Å². The van der Waals surface area contributed by atoms with Crippen LogP contribution in [-0.4, -0.2) is 26.1 Å². The van der Waals surface area contributed by atoms with Crippen molar-refractivity contribution in [3.8, 4) is 11.4 Å². The average Bonchev–Trinajstić information content (AvgIpc) is 3.22. The van der Waals surface area contributed by atoms with Gasteiger partial charge in [0.1, 0.15) is 0 Å².